The van der Waals surface area contributed by atoms with E-state index in [4.69, 9.17) is 0 Å². The number of benzene rings is 2. The van der Waals surface area contributed by atoms with Crippen LogP contribution in [0.2, 0.25) is 0 Å². The van der Waals surface area contributed by atoms with Crippen molar-refractivity contribution in [2.24, 2.45) is 0 Å². The molecule has 0 aliphatic carbocycles. The Kier molecular flexibility index (Phi) is 5.32. The molecule has 3 aromatic rings. The molecule has 0 fully saturated rings. The molecule has 3 rings (SSSR count). The van der Waals surface area contributed by atoms with Gasteiger partial charge in [-0.15, -0.1) is 0 Å². The predicted octanol–water partition coefficient (Wildman–Crippen LogP) is 5.23. The average Bonchev–Trinajstić information content (AvgIpc) is 2.68. The van der Waals surface area contributed by atoms with E-state index in [9.17, 15) is 4.79 Å². The standard InChI is InChI=1S/C22H23N3O/c1-16(2)20-11-7-8-12-21(20)24-22(26)17-13-19(15-23-14-17)25(3)18-9-5-4-6-10-18/h4-16H,1-3H3,(H,24,26). The second-order valence-electron chi connectivity index (χ2n) is 6.52. The molecule has 1 N–H and O–H groups in total. The Morgan fingerprint density at radius 3 is 2.38 bits per heavy atom. The number of pyridine rings is 1. The Balaban J connectivity index is 1.83. The molecule has 2 aromatic carbocycles. The number of anilines is 3. The zero-order valence-electron chi connectivity index (χ0n) is 15.3. The van der Waals surface area contributed by atoms with Gasteiger partial charge in [-0.2, -0.15) is 0 Å². The van der Waals surface area contributed by atoms with E-state index in [0.29, 0.717) is 11.5 Å². The zero-order valence-corrected chi connectivity index (χ0v) is 15.3. The van der Waals surface area contributed by atoms with Gasteiger partial charge in [-0.05, 0) is 35.7 Å². The van der Waals surface area contributed by atoms with Crippen LogP contribution in [0.3, 0.4) is 0 Å². The van der Waals surface area contributed by atoms with Gasteiger partial charge in [-0.1, -0.05) is 50.2 Å². The maximum atomic E-state index is 12.7. The Morgan fingerprint density at radius 2 is 1.65 bits per heavy atom. The number of hydrogen-bond acceptors (Lipinski definition) is 3. The summed E-state index contributed by atoms with van der Waals surface area (Å²) in [5, 5.41) is 3.02. The van der Waals surface area contributed by atoms with Gasteiger partial charge in [0, 0.05) is 24.6 Å². The first kappa shape index (κ1) is 17.7. The number of hydrogen-bond donors (Lipinski definition) is 1. The van der Waals surface area contributed by atoms with Gasteiger partial charge < -0.3 is 10.2 Å². The van der Waals surface area contributed by atoms with Gasteiger partial charge >= 0.3 is 0 Å². The summed E-state index contributed by atoms with van der Waals surface area (Å²) in [7, 11) is 1.96. The van der Waals surface area contributed by atoms with Gasteiger partial charge in [-0.25, -0.2) is 0 Å². The molecule has 0 spiro atoms. The van der Waals surface area contributed by atoms with E-state index in [1.165, 1.54) is 0 Å². The monoisotopic (exact) mass is 345 g/mol. The number of carbonyl (C=O) groups is 1. The molecule has 0 aliphatic heterocycles. The maximum Gasteiger partial charge on any atom is 0.257 e. The number of carbonyl (C=O) groups excluding carboxylic acids is 1. The van der Waals surface area contributed by atoms with E-state index < -0.39 is 0 Å². The number of amides is 1. The minimum atomic E-state index is -0.158. The first-order chi connectivity index (χ1) is 12.6. The predicted molar refractivity (Wildman–Crippen MR) is 107 cm³/mol. The van der Waals surface area contributed by atoms with Crippen LogP contribution in [0.4, 0.5) is 17.1 Å². The number of nitrogens with zero attached hydrogens (tertiary/aromatic N) is 2. The van der Waals surface area contributed by atoms with E-state index in [0.717, 1.165) is 22.6 Å². The molecular weight excluding hydrogens is 322 g/mol. The molecular formula is C22H23N3O. The SMILES string of the molecule is CC(C)c1ccccc1NC(=O)c1cncc(N(C)c2ccccc2)c1. The van der Waals surface area contributed by atoms with E-state index in [-0.39, 0.29) is 5.91 Å². The third-order valence-electron chi connectivity index (χ3n) is 4.35. The molecule has 1 amide bonds. The molecule has 0 bridgehead atoms. The molecule has 26 heavy (non-hydrogen) atoms. The fraction of sp³-hybridized carbons (Fsp3) is 0.182. The molecule has 0 radical (unpaired) electrons. The van der Waals surface area contributed by atoms with Crippen molar-refractivity contribution >= 4 is 23.0 Å². The minimum Gasteiger partial charge on any atom is -0.343 e. The molecule has 1 aromatic heterocycles. The molecule has 0 saturated carbocycles. The van der Waals surface area contributed by atoms with Crippen molar-refractivity contribution in [3.8, 4) is 0 Å². The van der Waals surface area contributed by atoms with E-state index in [1.54, 1.807) is 12.4 Å². The second kappa shape index (κ2) is 7.83. The van der Waals surface area contributed by atoms with Gasteiger partial charge in [-0.3, -0.25) is 9.78 Å². The van der Waals surface area contributed by atoms with Crippen LogP contribution in [0.1, 0.15) is 35.7 Å². The summed E-state index contributed by atoms with van der Waals surface area (Å²) in [5.41, 5.74) is 4.39. The quantitative estimate of drug-likeness (QED) is 0.689. The zero-order chi connectivity index (χ0) is 18.5. The van der Waals surface area contributed by atoms with Crippen molar-refractivity contribution in [2.75, 3.05) is 17.3 Å². The van der Waals surface area contributed by atoms with Gasteiger partial charge in [0.25, 0.3) is 5.91 Å². The van der Waals surface area contributed by atoms with Gasteiger partial charge in [0.05, 0.1) is 17.4 Å². The average molecular weight is 345 g/mol. The fourth-order valence-corrected chi connectivity index (χ4v) is 2.84. The van der Waals surface area contributed by atoms with Crippen molar-refractivity contribution in [3.05, 3.63) is 84.2 Å². The van der Waals surface area contributed by atoms with Crippen LogP contribution in [-0.2, 0) is 0 Å². The van der Waals surface area contributed by atoms with Crippen LogP contribution in [0.25, 0.3) is 0 Å². The highest BCUT2D eigenvalue weighted by Crippen LogP contribution is 2.26. The molecule has 132 valence electrons. The maximum absolute atomic E-state index is 12.7. The molecule has 0 aliphatic rings. The summed E-state index contributed by atoms with van der Waals surface area (Å²) < 4.78 is 0. The first-order valence-corrected chi connectivity index (χ1v) is 8.70. The lowest BCUT2D eigenvalue weighted by Gasteiger charge is -2.19. The molecule has 0 unspecified atom stereocenters. The van der Waals surface area contributed by atoms with Gasteiger partial charge in [0.15, 0.2) is 0 Å². The largest absolute Gasteiger partial charge is 0.343 e. The van der Waals surface area contributed by atoms with Crippen molar-refractivity contribution in [1.82, 2.24) is 4.98 Å². The highest BCUT2D eigenvalue weighted by molar-refractivity contribution is 6.05. The minimum absolute atomic E-state index is 0.158. The Bertz CT molecular complexity index is 891. The highest BCUT2D eigenvalue weighted by atomic mass is 16.1. The lowest BCUT2D eigenvalue weighted by Crippen LogP contribution is -2.16. The summed E-state index contributed by atoms with van der Waals surface area (Å²) >= 11 is 0. The Morgan fingerprint density at radius 1 is 0.962 bits per heavy atom. The van der Waals surface area contributed by atoms with E-state index in [1.807, 2.05) is 72.6 Å². The lowest BCUT2D eigenvalue weighted by molar-refractivity contribution is 0.102. The van der Waals surface area contributed by atoms with Crippen molar-refractivity contribution in [1.29, 1.82) is 0 Å². The summed E-state index contributed by atoms with van der Waals surface area (Å²) in [4.78, 5) is 19.0. The summed E-state index contributed by atoms with van der Waals surface area (Å²) in [6.45, 7) is 4.23. The normalized spacial score (nSPS) is 10.6. The highest BCUT2D eigenvalue weighted by Gasteiger charge is 2.13. The van der Waals surface area contributed by atoms with Crippen LogP contribution < -0.4 is 10.2 Å². The number of para-hydroxylation sites is 2. The molecule has 0 saturated heterocycles. The third-order valence-corrected chi connectivity index (χ3v) is 4.35. The molecule has 4 heteroatoms. The summed E-state index contributed by atoms with van der Waals surface area (Å²) in [5.74, 6) is 0.175. The summed E-state index contributed by atoms with van der Waals surface area (Å²) in [6, 6.07) is 19.7. The van der Waals surface area contributed by atoms with E-state index in [2.05, 4.69) is 24.1 Å². The molecule has 1 heterocycles. The fourth-order valence-electron chi connectivity index (χ4n) is 2.84. The Hall–Kier alpha value is -3.14. The van der Waals surface area contributed by atoms with Crippen LogP contribution >= 0.6 is 0 Å². The van der Waals surface area contributed by atoms with Crippen molar-refractivity contribution in [3.63, 3.8) is 0 Å². The van der Waals surface area contributed by atoms with Crippen LogP contribution in [-0.4, -0.2) is 17.9 Å². The van der Waals surface area contributed by atoms with Crippen LogP contribution in [0.15, 0.2) is 73.1 Å². The van der Waals surface area contributed by atoms with Crippen molar-refractivity contribution in [2.45, 2.75) is 19.8 Å². The lowest BCUT2D eigenvalue weighted by atomic mass is 10.0. The summed E-state index contributed by atoms with van der Waals surface area (Å²) in [6.07, 6.45) is 3.35. The van der Waals surface area contributed by atoms with E-state index >= 15 is 0 Å². The number of nitrogens with one attached hydrogen (secondary N) is 1. The smallest absolute Gasteiger partial charge is 0.257 e. The topological polar surface area (TPSA) is 45.2 Å². The molecule has 4 nitrogen and oxygen atoms in total. The van der Waals surface area contributed by atoms with Crippen molar-refractivity contribution < 1.29 is 4.79 Å². The van der Waals surface area contributed by atoms with Gasteiger partial charge in [0.1, 0.15) is 0 Å². The Labute approximate surface area is 154 Å². The molecule has 0 atom stereocenters. The number of aromatic nitrogens is 1. The third kappa shape index (κ3) is 3.91. The first-order valence-electron chi connectivity index (χ1n) is 8.70. The van der Waals surface area contributed by atoms with Crippen LogP contribution in [0, 0.1) is 0 Å². The van der Waals surface area contributed by atoms with Gasteiger partial charge in [0.2, 0.25) is 0 Å². The second-order valence-corrected chi connectivity index (χ2v) is 6.52. The van der Waals surface area contributed by atoms with Crippen LogP contribution in [0.5, 0.6) is 0 Å². The number of rotatable bonds is 5.